The Kier molecular flexibility index (Phi) is 5.22. The van der Waals surface area contributed by atoms with Gasteiger partial charge in [-0.25, -0.2) is 0 Å². The maximum Gasteiger partial charge on any atom is 0.307 e. The molecule has 0 aliphatic heterocycles. The number of aryl methyl sites for hydroxylation is 1. The molecule has 1 amide bonds. The Labute approximate surface area is 133 Å². The highest BCUT2D eigenvalue weighted by Gasteiger charge is 2.21. The molecule has 0 fully saturated rings. The van der Waals surface area contributed by atoms with Gasteiger partial charge in [-0.05, 0) is 30.7 Å². The highest BCUT2D eigenvalue weighted by atomic mass is 35.5. The highest BCUT2D eigenvalue weighted by Crippen LogP contribution is 2.21. The molecule has 0 radical (unpaired) electrons. The second-order valence-corrected chi connectivity index (χ2v) is 5.18. The average Bonchev–Trinajstić information content (AvgIpc) is 2.93. The van der Waals surface area contributed by atoms with Crippen LogP contribution in [0.25, 0.3) is 0 Å². The van der Waals surface area contributed by atoms with Crippen LogP contribution in [-0.4, -0.2) is 19.0 Å². The van der Waals surface area contributed by atoms with Crippen molar-refractivity contribution in [3.8, 4) is 0 Å². The lowest BCUT2D eigenvalue weighted by atomic mass is 10.0. The van der Waals surface area contributed by atoms with Crippen LogP contribution in [0.3, 0.4) is 0 Å². The first-order valence-corrected chi connectivity index (χ1v) is 7.06. The fourth-order valence-corrected chi connectivity index (χ4v) is 2.18. The summed E-state index contributed by atoms with van der Waals surface area (Å²) in [5, 5.41) is 3.40. The number of rotatable bonds is 5. The normalized spacial score (nSPS) is 11.8. The molecule has 0 saturated heterocycles. The van der Waals surface area contributed by atoms with Crippen molar-refractivity contribution in [3.05, 3.63) is 58.5 Å². The largest absolute Gasteiger partial charge is 0.469 e. The van der Waals surface area contributed by atoms with Gasteiger partial charge in [0.25, 0.3) is 5.91 Å². The van der Waals surface area contributed by atoms with Gasteiger partial charge in [0.2, 0.25) is 0 Å². The fourth-order valence-electron chi connectivity index (χ4n) is 2.05. The minimum Gasteiger partial charge on any atom is -0.469 e. The Hall–Kier alpha value is -2.27. The minimum atomic E-state index is -0.508. The molecule has 1 unspecified atom stereocenters. The Bertz CT molecular complexity index is 663. The molecule has 0 bridgehead atoms. The van der Waals surface area contributed by atoms with Crippen LogP contribution in [0.4, 0.5) is 0 Å². The summed E-state index contributed by atoms with van der Waals surface area (Å²) >= 11 is 5.87. The summed E-state index contributed by atoms with van der Waals surface area (Å²) < 4.78 is 9.81. The average molecular weight is 322 g/mol. The summed E-state index contributed by atoms with van der Waals surface area (Å²) in [6.07, 6.45) is 1.47. The number of hydrogen-bond donors (Lipinski definition) is 1. The molecule has 1 aromatic carbocycles. The van der Waals surface area contributed by atoms with Crippen LogP contribution >= 0.6 is 11.6 Å². The number of ether oxygens (including phenoxy) is 1. The molecular weight excluding hydrogens is 306 g/mol. The summed E-state index contributed by atoms with van der Waals surface area (Å²) in [5.74, 6) is -0.204. The molecule has 0 aliphatic carbocycles. The topological polar surface area (TPSA) is 68.5 Å². The first-order chi connectivity index (χ1) is 10.5. The van der Waals surface area contributed by atoms with Crippen molar-refractivity contribution in [2.75, 3.05) is 7.11 Å². The standard InChI is InChI=1S/C16H16ClNO4/c1-10-13(7-8-22-10)16(20)18-14(9-15(19)21-2)11-3-5-12(17)6-4-11/h3-8,14H,9H2,1-2H3,(H,18,20). The summed E-state index contributed by atoms with van der Waals surface area (Å²) in [5.41, 5.74) is 1.20. The Balaban J connectivity index is 2.21. The zero-order valence-electron chi connectivity index (χ0n) is 12.3. The molecule has 5 nitrogen and oxygen atoms in total. The molecule has 0 spiro atoms. The van der Waals surface area contributed by atoms with E-state index in [-0.39, 0.29) is 12.3 Å². The Morgan fingerprint density at radius 3 is 2.50 bits per heavy atom. The van der Waals surface area contributed by atoms with Crippen LogP contribution in [0.1, 0.15) is 34.1 Å². The predicted molar refractivity (Wildman–Crippen MR) is 81.7 cm³/mol. The van der Waals surface area contributed by atoms with E-state index in [2.05, 4.69) is 10.1 Å². The molecule has 1 N–H and O–H groups in total. The molecule has 0 aliphatic rings. The number of carbonyl (C=O) groups excluding carboxylic acids is 2. The second-order valence-electron chi connectivity index (χ2n) is 4.75. The fraction of sp³-hybridized carbons (Fsp3) is 0.250. The maximum atomic E-state index is 12.3. The van der Waals surface area contributed by atoms with E-state index in [0.717, 1.165) is 5.56 Å². The van der Waals surface area contributed by atoms with Crippen LogP contribution < -0.4 is 5.32 Å². The van der Waals surface area contributed by atoms with Gasteiger partial charge in [-0.1, -0.05) is 23.7 Å². The molecule has 1 aromatic heterocycles. The van der Waals surface area contributed by atoms with E-state index in [1.54, 1.807) is 37.3 Å². The first kappa shape index (κ1) is 16.1. The summed E-state index contributed by atoms with van der Waals surface area (Å²) in [6.45, 7) is 1.70. The minimum absolute atomic E-state index is 0.0285. The van der Waals surface area contributed by atoms with Gasteiger partial charge in [0.15, 0.2) is 0 Å². The highest BCUT2D eigenvalue weighted by molar-refractivity contribution is 6.30. The van der Waals surface area contributed by atoms with Crippen molar-refractivity contribution in [2.45, 2.75) is 19.4 Å². The van der Waals surface area contributed by atoms with Gasteiger partial charge in [0.1, 0.15) is 5.76 Å². The van der Waals surface area contributed by atoms with Crippen molar-refractivity contribution < 1.29 is 18.7 Å². The number of benzene rings is 1. The smallest absolute Gasteiger partial charge is 0.307 e. The van der Waals surface area contributed by atoms with E-state index in [9.17, 15) is 9.59 Å². The van der Waals surface area contributed by atoms with Crippen LogP contribution in [0, 0.1) is 6.92 Å². The van der Waals surface area contributed by atoms with Crippen LogP contribution in [0.5, 0.6) is 0 Å². The number of methoxy groups -OCH3 is 1. The number of furan rings is 1. The Morgan fingerprint density at radius 1 is 1.27 bits per heavy atom. The lowest BCUT2D eigenvalue weighted by Crippen LogP contribution is -2.30. The van der Waals surface area contributed by atoms with Crippen LogP contribution in [0.2, 0.25) is 5.02 Å². The van der Waals surface area contributed by atoms with Gasteiger partial charge in [0.05, 0.1) is 31.4 Å². The molecule has 1 heterocycles. The van der Waals surface area contributed by atoms with E-state index < -0.39 is 12.0 Å². The van der Waals surface area contributed by atoms with Gasteiger partial charge in [-0.2, -0.15) is 0 Å². The molecular formula is C16H16ClNO4. The monoisotopic (exact) mass is 321 g/mol. The molecule has 2 aromatic rings. The molecule has 6 heteroatoms. The number of esters is 1. The molecule has 2 rings (SSSR count). The van der Waals surface area contributed by atoms with Crippen LogP contribution in [-0.2, 0) is 9.53 Å². The third-order valence-electron chi connectivity index (χ3n) is 3.28. The van der Waals surface area contributed by atoms with Crippen molar-refractivity contribution >= 4 is 23.5 Å². The van der Waals surface area contributed by atoms with Crippen molar-refractivity contribution in [1.29, 1.82) is 0 Å². The third kappa shape index (κ3) is 3.89. The maximum absolute atomic E-state index is 12.3. The summed E-state index contributed by atoms with van der Waals surface area (Å²) in [4.78, 5) is 23.9. The lowest BCUT2D eigenvalue weighted by Gasteiger charge is -2.18. The van der Waals surface area contributed by atoms with E-state index in [1.165, 1.54) is 13.4 Å². The lowest BCUT2D eigenvalue weighted by molar-refractivity contribution is -0.141. The van der Waals surface area contributed by atoms with E-state index >= 15 is 0 Å². The summed E-state index contributed by atoms with van der Waals surface area (Å²) in [6, 6.07) is 8.01. The first-order valence-electron chi connectivity index (χ1n) is 6.68. The molecule has 0 saturated carbocycles. The van der Waals surface area contributed by atoms with Crippen LogP contribution in [0.15, 0.2) is 41.0 Å². The number of amides is 1. The predicted octanol–water partition coefficient (Wildman–Crippen LogP) is 3.28. The zero-order chi connectivity index (χ0) is 16.1. The van der Waals surface area contributed by atoms with E-state index in [1.807, 2.05) is 0 Å². The van der Waals surface area contributed by atoms with Crippen molar-refractivity contribution in [1.82, 2.24) is 5.32 Å². The second kappa shape index (κ2) is 7.13. The van der Waals surface area contributed by atoms with E-state index in [4.69, 9.17) is 16.0 Å². The zero-order valence-corrected chi connectivity index (χ0v) is 13.0. The van der Waals surface area contributed by atoms with Gasteiger partial charge in [0, 0.05) is 5.02 Å². The van der Waals surface area contributed by atoms with Gasteiger partial charge in [-0.3, -0.25) is 9.59 Å². The van der Waals surface area contributed by atoms with E-state index in [0.29, 0.717) is 16.3 Å². The third-order valence-corrected chi connectivity index (χ3v) is 3.53. The van der Waals surface area contributed by atoms with Crippen molar-refractivity contribution in [3.63, 3.8) is 0 Å². The molecule has 116 valence electrons. The Morgan fingerprint density at radius 2 is 1.95 bits per heavy atom. The molecule has 22 heavy (non-hydrogen) atoms. The molecule has 1 atom stereocenters. The number of halogens is 1. The van der Waals surface area contributed by atoms with Gasteiger partial charge in [-0.15, -0.1) is 0 Å². The SMILES string of the molecule is COC(=O)CC(NC(=O)c1ccoc1C)c1ccc(Cl)cc1. The number of nitrogens with one attached hydrogen (secondary N) is 1. The van der Waals surface area contributed by atoms with Gasteiger partial charge < -0.3 is 14.5 Å². The number of carbonyl (C=O) groups is 2. The van der Waals surface area contributed by atoms with Gasteiger partial charge >= 0.3 is 5.97 Å². The quantitative estimate of drug-likeness (QED) is 0.858. The number of hydrogen-bond acceptors (Lipinski definition) is 4. The van der Waals surface area contributed by atoms with Crippen molar-refractivity contribution in [2.24, 2.45) is 0 Å². The summed E-state index contributed by atoms with van der Waals surface area (Å²) in [7, 11) is 1.31.